The van der Waals surface area contributed by atoms with Gasteiger partial charge in [0.1, 0.15) is 10.6 Å². The first-order chi connectivity index (χ1) is 22.9. The van der Waals surface area contributed by atoms with Gasteiger partial charge in [-0.15, -0.1) is 0 Å². The van der Waals surface area contributed by atoms with Crippen LogP contribution in [0.3, 0.4) is 0 Å². The van der Waals surface area contributed by atoms with Gasteiger partial charge in [-0.2, -0.15) is 27.5 Å². The minimum Gasteiger partial charge on any atom is -0.308 e. The van der Waals surface area contributed by atoms with E-state index in [1.165, 1.54) is 97.1 Å². The average Bonchev–Trinajstić information content (AvgIpc) is 3.11. The van der Waals surface area contributed by atoms with Crippen molar-refractivity contribution in [1.29, 1.82) is 0 Å². The number of aromatic nitrogens is 2. The Hall–Kier alpha value is -4.92. The van der Waals surface area contributed by atoms with Crippen molar-refractivity contribution >= 4 is 46.1 Å². The third-order valence-electron chi connectivity index (χ3n) is 7.06. The van der Waals surface area contributed by atoms with Gasteiger partial charge in [-0.05, 0) is 0 Å². The highest BCUT2D eigenvalue weighted by Crippen LogP contribution is 2.45. The van der Waals surface area contributed by atoms with Crippen LogP contribution in [-0.2, 0) is 9.13 Å². The number of rotatable bonds is 6. The molecule has 2 aromatic heterocycles. The maximum absolute atomic E-state index is 14.3. The van der Waals surface area contributed by atoms with E-state index in [0.29, 0.717) is 0 Å². The fourth-order valence-electron chi connectivity index (χ4n) is 4.87. The van der Waals surface area contributed by atoms with Crippen LogP contribution < -0.4 is 31.8 Å². The SMILES string of the molecule is O=P(c1ccccc1)(c1ccccc1)c1c(F)c(F)nc(F)c1F.O=P(c1ccccc1)(c1ccccc1)c1c(F)c(F)nc(F)c1F. The fraction of sp³-hybridized carbons (Fsp3) is 0. The molecule has 4 nitrogen and oxygen atoms in total. The summed E-state index contributed by atoms with van der Waals surface area (Å²) in [6.45, 7) is 0. The molecule has 244 valence electrons. The summed E-state index contributed by atoms with van der Waals surface area (Å²) >= 11 is 0. The van der Waals surface area contributed by atoms with Gasteiger partial charge in [-0.1, -0.05) is 121 Å². The quantitative estimate of drug-likeness (QED) is 0.112. The summed E-state index contributed by atoms with van der Waals surface area (Å²) in [5.41, 5.74) is 0. The Bertz CT molecular complexity index is 1880. The topological polar surface area (TPSA) is 59.9 Å². The summed E-state index contributed by atoms with van der Waals surface area (Å²) in [6.07, 6.45) is 0. The second-order valence-electron chi connectivity index (χ2n) is 9.90. The van der Waals surface area contributed by atoms with Gasteiger partial charge in [-0.25, -0.2) is 17.6 Å². The molecule has 48 heavy (non-hydrogen) atoms. The van der Waals surface area contributed by atoms with E-state index >= 15 is 0 Å². The Kier molecular flexibility index (Phi) is 10.1. The van der Waals surface area contributed by atoms with Crippen LogP contribution in [0.1, 0.15) is 0 Å². The molecule has 0 bridgehead atoms. The molecule has 0 fully saturated rings. The van der Waals surface area contributed by atoms with Gasteiger partial charge in [-0.3, -0.25) is 0 Å². The Balaban J connectivity index is 0.000000188. The zero-order chi connectivity index (χ0) is 34.6. The predicted octanol–water partition coefficient (Wildman–Crippen LogP) is 6.55. The lowest BCUT2D eigenvalue weighted by atomic mass is 10.4. The third kappa shape index (κ3) is 6.21. The molecule has 0 unspecified atom stereocenters. The van der Waals surface area contributed by atoms with Crippen LogP contribution in [0.2, 0.25) is 0 Å². The Labute approximate surface area is 268 Å². The van der Waals surface area contributed by atoms with Gasteiger partial charge in [0, 0.05) is 21.2 Å². The van der Waals surface area contributed by atoms with Crippen LogP contribution in [0.15, 0.2) is 121 Å². The molecule has 0 aliphatic carbocycles. The number of hydrogen-bond acceptors (Lipinski definition) is 4. The molecular weight excluding hydrogens is 682 g/mol. The molecular formula is C34H20F8N2O2P2. The fourth-order valence-corrected chi connectivity index (χ4v) is 10.3. The van der Waals surface area contributed by atoms with E-state index in [1.807, 2.05) is 0 Å². The van der Waals surface area contributed by atoms with E-state index in [4.69, 9.17) is 0 Å². The molecule has 4 aromatic carbocycles. The highest BCUT2D eigenvalue weighted by Gasteiger charge is 2.40. The van der Waals surface area contributed by atoms with Crippen molar-refractivity contribution in [1.82, 2.24) is 9.97 Å². The first kappa shape index (κ1) is 34.4. The summed E-state index contributed by atoms with van der Waals surface area (Å²) in [6, 6.07) is 29.8. The van der Waals surface area contributed by atoms with Gasteiger partial charge in [0.05, 0.1) is 0 Å². The Morgan fingerprint density at radius 2 is 0.521 bits per heavy atom. The first-order valence-corrected chi connectivity index (χ1v) is 17.2. The van der Waals surface area contributed by atoms with Crippen LogP contribution in [0, 0.1) is 47.1 Å². The number of benzene rings is 4. The van der Waals surface area contributed by atoms with Crippen molar-refractivity contribution in [2.75, 3.05) is 0 Å². The normalized spacial score (nSPS) is 11.5. The third-order valence-corrected chi connectivity index (χ3v) is 13.2. The lowest BCUT2D eigenvalue weighted by Gasteiger charge is -2.21. The van der Waals surface area contributed by atoms with E-state index in [-0.39, 0.29) is 21.2 Å². The van der Waals surface area contributed by atoms with Crippen molar-refractivity contribution < 1.29 is 44.3 Å². The number of halogens is 8. The van der Waals surface area contributed by atoms with Crippen molar-refractivity contribution in [3.63, 3.8) is 0 Å². The van der Waals surface area contributed by atoms with Crippen molar-refractivity contribution in [3.8, 4) is 0 Å². The van der Waals surface area contributed by atoms with E-state index in [1.54, 1.807) is 24.3 Å². The number of hydrogen-bond donors (Lipinski definition) is 0. The zero-order valence-corrected chi connectivity index (χ0v) is 26.0. The maximum atomic E-state index is 14.3. The summed E-state index contributed by atoms with van der Waals surface area (Å²) in [5, 5.41) is -2.08. The second kappa shape index (κ2) is 14.1. The van der Waals surface area contributed by atoms with Gasteiger partial charge in [0.2, 0.25) is 0 Å². The van der Waals surface area contributed by atoms with Crippen molar-refractivity contribution in [2.45, 2.75) is 0 Å². The van der Waals surface area contributed by atoms with Gasteiger partial charge < -0.3 is 9.13 Å². The van der Waals surface area contributed by atoms with E-state index in [9.17, 15) is 44.3 Å². The van der Waals surface area contributed by atoms with E-state index < -0.39 is 72.0 Å². The summed E-state index contributed by atoms with van der Waals surface area (Å²) < 4.78 is 139. The summed E-state index contributed by atoms with van der Waals surface area (Å²) in [7, 11) is -8.35. The minimum absolute atomic E-state index is 0.0546. The first-order valence-electron chi connectivity index (χ1n) is 13.8. The van der Waals surface area contributed by atoms with Crippen molar-refractivity contribution in [3.05, 3.63) is 168 Å². The van der Waals surface area contributed by atoms with E-state index in [2.05, 4.69) is 9.97 Å². The molecule has 6 aromatic rings. The Morgan fingerprint density at radius 1 is 0.333 bits per heavy atom. The lowest BCUT2D eigenvalue weighted by Crippen LogP contribution is -2.31. The molecule has 0 aliphatic heterocycles. The molecule has 6 rings (SSSR count). The van der Waals surface area contributed by atoms with Gasteiger partial charge in [0.15, 0.2) is 37.6 Å². The average molecular weight is 702 g/mol. The molecule has 14 heteroatoms. The highest BCUT2D eigenvalue weighted by atomic mass is 31.2. The van der Waals surface area contributed by atoms with Crippen LogP contribution in [-0.4, -0.2) is 9.97 Å². The maximum Gasteiger partial charge on any atom is 0.252 e. The molecule has 0 radical (unpaired) electrons. The molecule has 0 atom stereocenters. The number of nitrogens with zero attached hydrogens (tertiary/aromatic N) is 2. The standard InChI is InChI=1S/2C17H10F4NOP/c2*18-13-15(14(19)17(21)22-16(13)20)24(23,11-7-3-1-4-8-11)12-9-5-2-6-10-12/h2*1-10H. The molecule has 0 aliphatic rings. The largest absolute Gasteiger partial charge is 0.308 e. The van der Waals surface area contributed by atoms with Crippen LogP contribution >= 0.6 is 14.3 Å². The Morgan fingerprint density at radius 3 is 0.708 bits per heavy atom. The summed E-state index contributed by atoms with van der Waals surface area (Å²) in [5.74, 6) is -14.4. The van der Waals surface area contributed by atoms with Gasteiger partial charge in [0.25, 0.3) is 23.8 Å². The molecule has 0 N–H and O–H groups in total. The molecule has 2 heterocycles. The van der Waals surface area contributed by atoms with E-state index in [0.717, 1.165) is 0 Å². The lowest BCUT2D eigenvalue weighted by molar-refractivity contribution is 0.414. The predicted molar refractivity (Wildman–Crippen MR) is 167 cm³/mol. The molecule has 0 saturated carbocycles. The zero-order valence-electron chi connectivity index (χ0n) is 24.2. The number of pyridine rings is 2. The highest BCUT2D eigenvalue weighted by molar-refractivity contribution is 7.85. The molecule has 0 amide bonds. The monoisotopic (exact) mass is 702 g/mol. The summed E-state index contributed by atoms with van der Waals surface area (Å²) in [4.78, 5) is 5.06. The smallest absolute Gasteiger partial charge is 0.252 e. The second-order valence-corrected chi connectivity index (χ2v) is 15.3. The van der Waals surface area contributed by atoms with Crippen LogP contribution in [0.4, 0.5) is 35.1 Å². The molecule has 0 spiro atoms. The molecule has 0 saturated heterocycles. The van der Waals surface area contributed by atoms with Gasteiger partial charge >= 0.3 is 0 Å². The van der Waals surface area contributed by atoms with Crippen molar-refractivity contribution in [2.24, 2.45) is 0 Å². The van der Waals surface area contributed by atoms with Crippen LogP contribution in [0.5, 0.6) is 0 Å². The van der Waals surface area contributed by atoms with Crippen LogP contribution in [0.25, 0.3) is 0 Å². The minimum atomic E-state index is -4.18.